The van der Waals surface area contributed by atoms with Gasteiger partial charge in [-0.3, -0.25) is 4.79 Å². The molecule has 0 bridgehead atoms. The van der Waals surface area contributed by atoms with Gasteiger partial charge in [0.2, 0.25) is 0 Å². The molecule has 0 aliphatic carbocycles. The number of halogens is 1. The molecule has 21 heavy (non-hydrogen) atoms. The third kappa shape index (κ3) is 4.50. The summed E-state index contributed by atoms with van der Waals surface area (Å²) in [5, 5.41) is 3.47. The fraction of sp³-hybridized carbons (Fsp3) is 0.235. The second-order valence-electron chi connectivity index (χ2n) is 4.75. The maximum atomic E-state index is 12.1. The minimum Gasteiger partial charge on any atom is -0.481 e. The summed E-state index contributed by atoms with van der Waals surface area (Å²) < 4.78 is 5.58. The zero-order valence-electron chi connectivity index (χ0n) is 12.1. The predicted molar refractivity (Wildman–Crippen MR) is 86.0 cm³/mol. The van der Waals surface area contributed by atoms with Gasteiger partial charge < -0.3 is 10.1 Å². The quantitative estimate of drug-likeness (QED) is 0.894. The Morgan fingerprint density at radius 1 is 1.14 bits per heavy atom. The van der Waals surface area contributed by atoms with Gasteiger partial charge in [0.25, 0.3) is 5.91 Å². The Hall–Kier alpha value is -2.00. The average molecular weight is 304 g/mol. The first-order valence-electron chi connectivity index (χ1n) is 6.90. The summed E-state index contributed by atoms with van der Waals surface area (Å²) in [7, 11) is 0. The molecule has 110 valence electrons. The van der Waals surface area contributed by atoms with Crippen molar-refractivity contribution in [1.82, 2.24) is 0 Å². The van der Waals surface area contributed by atoms with Crippen LogP contribution < -0.4 is 10.1 Å². The number of amides is 1. The molecule has 0 aromatic heterocycles. The summed E-state index contributed by atoms with van der Waals surface area (Å²) in [6.07, 6.45) is 0.390. The molecule has 0 saturated heterocycles. The van der Waals surface area contributed by atoms with E-state index in [4.69, 9.17) is 16.3 Å². The molecule has 2 aromatic carbocycles. The van der Waals surface area contributed by atoms with Crippen molar-refractivity contribution in [3.8, 4) is 5.75 Å². The van der Waals surface area contributed by atoms with Crippen molar-refractivity contribution in [3.05, 3.63) is 59.1 Å². The van der Waals surface area contributed by atoms with Gasteiger partial charge in [-0.25, -0.2) is 0 Å². The zero-order chi connectivity index (χ0) is 15.2. The third-order valence-corrected chi connectivity index (χ3v) is 3.38. The van der Waals surface area contributed by atoms with Gasteiger partial charge in [0.05, 0.1) is 0 Å². The molecule has 0 heterocycles. The Kier molecular flexibility index (Phi) is 5.23. The molecule has 1 amide bonds. The lowest BCUT2D eigenvalue weighted by molar-refractivity contribution is -0.122. The molecule has 0 unspecified atom stereocenters. The lowest BCUT2D eigenvalue weighted by atomic mass is 10.1. The highest BCUT2D eigenvalue weighted by atomic mass is 35.5. The lowest BCUT2D eigenvalue weighted by Crippen LogP contribution is -2.30. The van der Waals surface area contributed by atoms with Crippen molar-refractivity contribution in [2.24, 2.45) is 0 Å². The maximum absolute atomic E-state index is 12.1. The van der Waals surface area contributed by atoms with E-state index in [9.17, 15) is 4.79 Å². The zero-order valence-corrected chi connectivity index (χ0v) is 12.9. The topological polar surface area (TPSA) is 38.3 Å². The fourth-order valence-electron chi connectivity index (χ4n) is 1.84. The van der Waals surface area contributed by atoms with Gasteiger partial charge in [-0.15, -0.1) is 0 Å². The molecule has 2 aromatic rings. The van der Waals surface area contributed by atoms with E-state index in [-0.39, 0.29) is 5.91 Å². The maximum Gasteiger partial charge on any atom is 0.265 e. The summed E-state index contributed by atoms with van der Waals surface area (Å²) >= 11 is 5.81. The molecule has 0 aliphatic heterocycles. The van der Waals surface area contributed by atoms with E-state index in [1.165, 1.54) is 5.56 Å². The van der Waals surface area contributed by atoms with Crippen LogP contribution in [0.4, 0.5) is 5.69 Å². The van der Waals surface area contributed by atoms with Gasteiger partial charge >= 0.3 is 0 Å². The Labute approximate surface area is 129 Å². The molecule has 2 rings (SSSR count). The number of hydrogen-bond acceptors (Lipinski definition) is 2. The van der Waals surface area contributed by atoms with E-state index in [2.05, 4.69) is 12.2 Å². The van der Waals surface area contributed by atoms with Gasteiger partial charge in [-0.1, -0.05) is 30.7 Å². The van der Waals surface area contributed by atoms with Crippen molar-refractivity contribution < 1.29 is 9.53 Å². The largest absolute Gasteiger partial charge is 0.481 e. The SMILES string of the molecule is CCc1ccc(NC(=O)[C@H](C)Oc2ccc(Cl)cc2)cc1. The first-order chi connectivity index (χ1) is 10.1. The van der Waals surface area contributed by atoms with Gasteiger partial charge in [-0.05, 0) is 55.3 Å². The van der Waals surface area contributed by atoms with Crippen molar-refractivity contribution in [2.75, 3.05) is 5.32 Å². The van der Waals surface area contributed by atoms with Gasteiger partial charge in [0.1, 0.15) is 5.75 Å². The average Bonchev–Trinajstić information content (AvgIpc) is 2.50. The summed E-state index contributed by atoms with van der Waals surface area (Å²) in [5.74, 6) is 0.428. The molecule has 1 N–H and O–H groups in total. The molecule has 0 aliphatic rings. The number of carbonyl (C=O) groups excluding carboxylic acids is 1. The summed E-state index contributed by atoms with van der Waals surface area (Å²) in [6, 6.07) is 14.7. The van der Waals surface area contributed by atoms with E-state index < -0.39 is 6.10 Å². The summed E-state index contributed by atoms with van der Waals surface area (Å²) in [5.41, 5.74) is 2.00. The first-order valence-corrected chi connectivity index (χ1v) is 7.28. The van der Waals surface area contributed by atoms with Crippen molar-refractivity contribution in [1.29, 1.82) is 0 Å². The molecular formula is C17H18ClNO2. The van der Waals surface area contributed by atoms with E-state index in [0.29, 0.717) is 10.8 Å². The van der Waals surface area contributed by atoms with Crippen molar-refractivity contribution in [2.45, 2.75) is 26.4 Å². The number of ether oxygens (including phenoxy) is 1. The van der Waals surface area contributed by atoms with Crippen LogP contribution in [0.3, 0.4) is 0 Å². The van der Waals surface area contributed by atoms with E-state index in [0.717, 1.165) is 12.1 Å². The molecule has 0 fully saturated rings. The monoisotopic (exact) mass is 303 g/mol. The third-order valence-electron chi connectivity index (χ3n) is 3.13. The predicted octanol–water partition coefficient (Wildman–Crippen LogP) is 4.31. The number of hydrogen-bond donors (Lipinski definition) is 1. The second kappa shape index (κ2) is 7.14. The molecule has 0 saturated carbocycles. The number of rotatable bonds is 5. The Balaban J connectivity index is 1.93. The number of nitrogens with one attached hydrogen (secondary N) is 1. The number of carbonyl (C=O) groups is 1. The lowest BCUT2D eigenvalue weighted by Gasteiger charge is -2.15. The highest BCUT2D eigenvalue weighted by Crippen LogP contribution is 2.17. The van der Waals surface area contributed by atoms with Crippen LogP contribution in [0.5, 0.6) is 5.75 Å². The normalized spacial score (nSPS) is 11.8. The van der Waals surface area contributed by atoms with Crippen LogP contribution in [0.25, 0.3) is 0 Å². The smallest absolute Gasteiger partial charge is 0.265 e. The highest BCUT2D eigenvalue weighted by Gasteiger charge is 2.14. The highest BCUT2D eigenvalue weighted by molar-refractivity contribution is 6.30. The van der Waals surface area contributed by atoms with E-state index in [1.807, 2.05) is 24.3 Å². The molecule has 0 spiro atoms. The Morgan fingerprint density at radius 3 is 2.33 bits per heavy atom. The summed E-state index contributed by atoms with van der Waals surface area (Å²) in [4.78, 5) is 12.1. The van der Waals surface area contributed by atoms with Crippen LogP contribution >= 0.6 is 11.6 Å². The number of benzene rings is 2. The second-order valence-corrected chi connectivity index (χ2v) is 5.19. The summed E-state index contributed by atoms with van der Waals surface area (Å²) in [6.45, 7) is 3.81. The minimum absolute atomic E-state index is 0.186. The fourth-order valence-corrected chi connectivity index (χ4v) is 1.96. The van der Waals surface area contributed by atoms with Crippen LogP contribution in [-0.4, -0.2) is 12.0 Å². The van der Waals surface area contributed by atoms with Crippen LogP contribution in [0.2, 0.25) is 5.02 Å². The van der Waals surface area contributed by atoms with Gasteiger partial charge in [0, 0.05) is 10.7 Å². The van der Waals surface area contributed by atoms with E-state index in [1.54, 1.807) is 31.2 Å². The van der Waals surface area contributed by atoms with Crippen LogP contribution in [-0.2, 0) is 11.2 Å². The van der Waals surface area contributed by atoms with Crippen molar-refractivity contribution >= 4 is 23.2 Å². The number of aryl methyl sites for hydroxylation is 1. The van der Waals surface area contributed by atoms with Crippen LogP contribution in [0.15, 0.2) is 48.5 Å². The number of anilines is 1. The van der Waals surface area contributed by atoms with Gasteiger partial charge in [0.15, 0.2) is 6.10 Å². The van der Waals surface area contributed by atoms with Gasteiger partial charge in [-0.2, -0.15) is 0 Å². The van der Waals surface area contributed by atoms with Crippen molar-refractivity contribution in [3.63, 3.8) is 0 Å². The Bertz CT molecular complexity index is 593. The van der Waals surface area contributed by atoms with Crippen LogP contribution in [0.1, 0.15) is 19.4 Å². The molecule has 4 heteroatoms. The Morgan fingerprint density at radius 2 is 1.76 bits per heavy atom. The molecular weight excluding hydrogens is 286 g/mol. The van der Waals surface area contributed by atoms with E-state index >= 15 is 0 Å². The first kappa shape index (κ1) is 15.4. The molecule has 1 atom stereocenters. The molecule has 0 radical (unpaired) electrons. The van der Waals surface area contributed by atoms with Crippen LogP contribution in [0, 0.1) is 0 Å². The minimum atomic E-state index is -0.586. The molecule has 3 nitrogen and oxygen atoms in total. The standard InChI is InChI=1S/C17H18ClNO2/c1-3-13-4-8-15(9-5-13)19-17(20)12(2)21-16-10-6-14(18)7-11-16/h4-12H,3H2,1-2H3,(H,19,20)/t12-/m0/s1.